The second-order valence-corrected chi connectivity index (χ2v) is 5.75. The maximum atomic E-state index is 11.6. The first-order valence-electron chi connectivity index (χ1n) is 7.78. The summed E-state index contributed by atoms with van der Waals surface area (Å²) in [5.74, 6) is 0. The molecule has 0 spiro atoms. The van der Waals surface area contributed by atoms with Crippen LogP contribution < -0.4 is 33.7 Å². The Hall–Kier alpha value is -4.08. The molecule has 4 aromatic rings. The Morgan fingerprint density at radius 3 is 1.85 bits per heavy atom. The van der Waals surface area contributed by atoms with E-state index in [1.54, 1.807) is 36.4 Å². The normalized spacial score (nSPS) is 10.6. The van der Waals surface area contributed by atoms with Gasteiger partial charge in [-0.2, -0.15) is 0 Å². The fourth-order valence-corrected chi connectivity index (χ4v) is 2.70. The Labute approximate surface area is 150 Å². The quantitative estimate of drug-likeness (QED) is 0.264. The summed E-state index contributed by atoms with van der Waals surface area (Å²) in [6.45, 7) is 0. The molecule has 0 saturated carbocycles. The lowest BCUT2D eigenvalue weighted by atomic mass is 10.1. The van der Waals surface area contributed by atoms with Crippen molar-refractivity contribution in [2.75, 3.05) is 11.5 Å². The second-order valence-electron chi connectivity index (χ2n) is 5.75. The van der Waals surface area contributed by atoms with E-state index in [0.717, 1.165) is 4.68 Å². The Balaban J connectivity index is 0.000000156. The number of nitrogens with one attached hydrogen (secondary N) is 3. The van der Waals surface area contributed by atoms with Crippen molar-refractivity contribution >= 4 is 32.9 Å². The molecule has 2 aromatic carbocycles. The molecule has 0 atom stereocenters. The monoisotopic (exact) mass is 368 g/mol. The van der Waals surface area contributed by atoms with Gasteiger partial charge in [-0.15, -0.1) is 0 Å². The summed E-state index contributed by atoms with van der Waals surface area (Å²) in [6, 6.07) is 9.60. The number of fused-ring (bicyclic) bond motifs is 2. The fourth-order valence-electron chi connectivity index (χ4n) is 2.70. The molecule has 4 rings (SSSR count). The maximum absolute atomic E-state index is 11.6. The summed E-state index contributed by atoms with van der Waals surface area (Å²) in [7, 11) is 1.49. The Bertz CT molecular complexity index is 1390. The van der Waals surface area contributed by atoms with Crippen LogP contribution in [0.1, 0.15) is 0 Å². The second kappa shape index (κ2) is 6.67. The van der Waals surface area contributed by atoms with Crippen LogP contribution in [0.15, 0.2) is 55.6 Å². The number of hydrogen-bond donors (Lipinski definition) is 5. The van der Waals surface area contributed by atoms with Gasteiger partial charge in [0.15, 0.2) is 0 Å². The maximum Gasteiger partial charge on any atom is 0.272 e. The molecule has 138 valence electrons. The molecule has 2 heterocycles. The Kier molecular flexibility index (Phi) is 4.38. The van der Waals surface area contributed by atoms with Crippen LogP contribution in [0.25, 0.3) is 21.5 Å². The number of nitrogens with two attached hydrogens (primary N) is 2. The van der Waals surface area contributed by atoms with Crippen LogP contribution in [-0.2, 0) is 7.05 Å². The van der Waals surface area contributed by atoms with E-state index in [1.165, 1.54) is 7.05 Å². The van der Waals surface area contributed by atoms with Gasteiger partial charge in [0.05, 0.1) is 21.5 Å². The van der Waals surface area contributed by atoms with E-state index >= 15 is 0 Å². The van der Waals surface area contributed by atoms with Gasteiger partial charge in [0.1, 0.15) is 0 Å². The SMILES string of the molecule is Cn1[nH]c(=O)c2c(N)cccc2c1=O.Nc1cccc2c(=O)[nH][nH]c(=O)c12. The zero-order valence-corrected chi connectivity index (χ0v) is 14.2. The van der Waals surface area contributed by atoms with Crippen LogP contribution >= 0.6 is 0 Å². The van der Waals surface area contributed by atoms with Crippen LogP contribution in [-0.4, -0.2) is 20.0 Å². The van der Waals surface area contributed by atoms with Gasteiger partial charge in [0, 0.05) is 18.4 Å². The standard InChI is InChI=1S/C9H9N3O2.C8H7N3O2/c1-12-9(14)5-3-2-4-6(10)7(5)8(13)11-12;9-5-3-1-2-4-6(5)8(13)11-10-7(4)12/h2-4H,10H2,1H3,(H,11,13);1-3H,9H2,(H,10,12)(H,11,13). The predicted molar refractivity (Wildman–Crippen MR) is 104 cm³/mol. The lowest BCUT2D eigenvalue weighted by Crippen LogP contribution is -2.27. The van der Waals surface area contributed by atoms with Crippen LogP contribution in [0.2, 0.25) is 0 Å². The summed E-state index contributed by atoms with van der Waals surface area (Å²) in [5.41, 5.74) is 10.5. The third kappa shape index (κ3) is 3.11. The highest BCUT2D eigenvalue weighted by molar-refractivity contribution is 5.91. The predicted octanol–water partition coefficient (Wildman–Crippen LogP) is -0.392. The molecule has 10 heteroatoms. The van der Waals surface area contributed by atoms with Gasteiger partial charge < -0.3 is 11.5 Å². The number of anilines is 2. The molecular weight excluding hydrogens is 352 g/mol. The summed E-state index contributed by atoms with van der Waals surface area (Å²) >= 11 is 0. The number of rotatable bonds is 0. The molecule has 0 amide bonds. The van der Waals surface area contributed by atoms with Crippen molar-refractivity contribution in [3.8, 4) is 0 Å². The molecule has 2 aromatic heterocycles. The molecule has 0 bridgehead atoms. The Morgan fingerprint density at radius 2 is 1.26 bits per heavy atom. The van der Waals surface area contributed by atoms with Crippen molar-refractivity contribution in [3.63, 3.8) is 0 Å². The van der Waals surface area contributed by atoms with Gasteiger partial charge in [0.2, 0.25) is 0 Å². The molecule has 0 unspecified atom stereocenters. The van der Waals surface area contributed by atoms with Crippen LogP contribution in [0, 0.1) is 0 Å². The summed E-state index contributed by atoms with van der Waals surface area (Å²) in [4.78, 5) is 45.5. The molecule has 7 N–H and O–H groups in total. The zero-order chi connectivity index (χ0) is 19.7. The van der Waals surface area contributed by atoms with Gasteiger partial charge in [-0.3, -0.25) is 39.2 Å². The van der Waals surface area contributed by atoms with E-state index in [2.05, 4.69) is 15.3 Å². The minimum Gasteiger partial charge on any atom is -0.398 e. The molecule has 27 heavy (non-hydrogen) atoms. The smallest absolute Gasteiger partial charge is 0.272 e. The van der Waals surface area contributed by atoms with E-state index in [0.29, 0.717) is 22.1 Å². The number of nitrogens with zero attached hydrogens (tertiary/aromatic N) is 1. The van der Waals surface area contributed by atoms with E-state index in [1.807, 2.05) is 0 Å². The van der Waals surface area contributed by atoms with Crippen molar-refractivity contribution in [3.05, 3.63) is 77.8 Å². The number of aryl methyl sites for hydroxylation is 1. The highest BCUT2D eigenvalue weighted by Gasteiger charge is 2.07. The summed E-state index contributed by atoms with van der Waals surface area (Å²) in [5, 5.41) is 7.98. The number of benzene rings is 2. The van der Waals surface area contributed by atoms with Gasteiger partial charge in [-0.05, 0) is 24.3 Å². The lowest BCUT2D eigenvalue weighted by molar-refractivity contribution is 0.704. The van der Waals surface area contributed by atoms with Crippen molar-refractivity contribution in [2.45, 2.75) is 0 Å². The van der Waals surface area contributed by atoms with Crippen molar-refractivity contribution < 1.29 is 0 Å². The average Bonchev–Trinajstić information content (AvgIpc) is 2.63. The molecule has 0 aliphatic heterocycles. The first-order valence-corrected chi connectivity index (χ1v) is 7.78. The third-order valence-electron chi connectivity index (χ3n) is 3.99. The third-order valence-corrected chi connectivity index (χ3v) is 3.99. The number of aromatic amines is 3. The number of aromatic nitrogens is 4. The lowest BCUT2D eigenvalue weighted by Gasteiger charge is -2.02. The first-order chi connectivity index (χ1) is 12.8. The number of H-pyrrole nitrogens is 3. The number of nitrogen functional groups attached to an aromatic ring is 2. The molecular formula is C17H16N6O4. The topological polar surface area (TPSA) is 173 Å². The molecule has 0 radical (unpaired) electrons. The molecule has 0 fully saturated rings. The first kappa shape index (κ1) is 17.7. The highest BCUT2D eigenvalue weighted by atomic mass is 16.2. The zero-order valence-electron chi connectivity index (χ0n) is 14.2. The van der Waals surface area contributed by atoms with E-state index in [4.69, 9.17) is 11.5 Å². The van der Waals surface area contributed by atoms with Crippen molar-refractivity contribution in [1.82, 2.24) is 20.0 Å². The molecule has 10 nitrogen and oxygen atoms in total. The van der Waals surface area contributed by atoms with Crippen molar-refractivity contribution in [2.24, 2.45) is 7.05 Å². The van der Waals surface area contributed by atoms with Gasteiger partial charge in [0.25, 0.3) is 22.2 Å². The fraction of sp³-hybridized carbons (Fsp3) is 0.0588. The van der Waals surface area contributed by atoms with Crippen LogP contribution in [0.5, 0.6) is 0 Å². The Morgan fingerprint density at radius 1 is 0.741 bits per heavy atom. The summed E-state index contributed by atoms with van der Waals surface area (Å²) in [6.07, 6.45) is 0. The number of hydrogen-bond acceptors (Lipinski definition) is 6. The van der Waals surface area contributed by atoms with Crippen LogP contribution in [0.4, 0.5) is 11.4 Å². The van der Waals surface area contributed by atoms with Gasteiger partial charge in [-0.1, -0.05) is 12.1 Å². The molecule has 0 aliphatic carbocycles. The minimum absolute atomic E-state index is 0.242. The van der Waals surface area contributed by atoms with E-state index < -0.39 is 0 Å². The summed E-state index contributed by atoms with van der Waals surface area (Å²) < 4.78 is 1.14. The van der Waals surface area contributed by atoms with Gasteiger partial charge >= 0.3 is 0 Å². The van der Waals surface area contributed by atoms with Crippen molar-refractivity contribution in [1.29, 1.82) is 0 Å². The van der Waals surface area contributed by atoms with Gasteiger partial charge in [-0.25, -0.2) is 0 Å². The van der Waals surface area contributed by atoms with E-state index in [9.17, 15) is 19.2 Å². The highest BCUT2D eigenvalue weighted by Crippen LogP contribution is 2.12. The molecule has 0 saturated heterocycles. The minimum atomic E-state index is -0.382. The van der Waals surface area contributed by atoms with E-state index in [-0.39, 0.29) is 33.0 Å². The van der Waals surface area contributed by atoms with Crippen LogP contribution in [0.3, 0.4) is 0 Å². The molecule has 0 aliphatic rings. The average molecular weight is 368 g/mol. The largest absolute Gasteiger partial charge is 0.398 e.